The molecule has 0 radical (unpaired) electrons. The number of thioether (sulfide) groups is 1. The van der Waals surface area contributed by atoms with E-state index in [4.69, 9.17) is 4.74 Å². The molecule has 0 spiro atoms. The van der Waals surface area contributed by atoms with Gasteiger partial charge in [-0.3, -0.25) is 4.90 Å². The lowest BCUT2D eigenvalue weighted by molar-refractivity contribution is -0.0251. The summed E-state index contributed by atoms with van der Waals surface area (Å²) in [5.41, 5.74) is 2.45. The van der Waals surface area contributed by atoms with Gasteiger partial charge in [-0.05, 0) is 36.2 Å². The summed E-state index contributed by atoms with van der Waals surface area (Å²) >= 11 is 2.17. The standard InChI is InChI=1S/C21H31NOS/c1-20(2)18-8-9-21(20,16-24-15-17-6-4-3-5-7-17)19(14-18)22-10-12-23-13-11-22/h3-7,18-19H,8-16H2,1-2H3. The Hall–Kier alpha value is -0.510. The predicted octanol–water partition coefficient (Wildman–Crippen LogP) is 4.45. The van der Waals surface area contributed by atoms with Crippen LogP contribution in [0.15, 0.2) is 30.3 Å². The van der Waals surface area contributed by atoms with Crippen molar-refractivity contribution in [3.8, 4) is 0 Å². The van der Waals surface area contributed by atoms with Crippen molar-refractivity contribution in [2.45, 2.75) is 44.9 Å². The molecule has 1 saturated heterocycles. The Morgan fingerprint density at radius 2 is 1.92 bits per heavy atom. The fraction of sp³-hybridized carbons (Fsp3) is 0.714. The smallest absolute Gasteiger partial charge is 0.0594 e. The Morgan fingerprint density at radius 1 is 1.17 bits per heavy atom. The molecule has 2 bridgehead atoms. The van der Waals surface area contributed by atoms with Gasteiger partial charge in [0.25, 0.3) is 0 Å². The van der Waals surface area contributed by atoms with Gasteiger partial charge in [-0.1, -0.05) is 44.2 Å². The molecule has 4 rings (SSSR count). The summed E-state index contributed by atoms with van der Waals surface area (Å²) in [5, 5.41) is 0. The van der Waals surface area contributed by atoms with E-state index in [1.165, 1.54) is 30.6 Å². The molecular formula is C21H31NOS. The number of rotatable bonds is 5. The van der Waals surface area contributed by atoms with Crippen LogP contribution in [0.1, 0.15) is 38.7 Å². The molecule has 3 fully saturated rings. The maximum atomic E-state index is 5.62. The average Bonchev–Trinajstić information content (AvgIpc) is 2.99. The first kappa shape index (κ1) is 16.9. The van der Waals surface area contributed by atoms with Crippen LogP contribution in [0.25, 0.3) is 0 Å². The van der Waals surface area contributed by atoms with Gasteiger partial charge in [-0.2, -0.15) is 11.8 Å². The number of hydrogen-bond acceptors (Lipinski definition) is 3. The molecule has 2 saturated carbocycles. The van der Waals surface area contributed by atoms with E-state index < -0.39 is 0 Å². The van der Waals surface area contributed by atoms with Crippen LogP contribution in [-0.4, -0.2) is 43.0 Å². The lowest BCUT2D eigenvalue weighted by Crippen LogP contribution is -2.53. The van der Waals surface area contributed by atoms with Gasteiger partial charge in [0.15, 0.2) is 0 Å². The highest BCUT2D eigenvalue weighted by atomic mass is 32.2. The number of fused-ring (bicyclic) bond motifs is 2. The number of nitrogens with zero attached hydrogens (tertiary/aromatic N) is 1. The molecule has 1 aliphatic heterocycles. The van der Waals surface area contributed by atoms with Crippen LogP contribution in [0.3, 0.4) is 0 Å². The second-order valence-corrected chi connectivity index (χ2v) is 9.48. The Labute approximate surface area is 151 Å². The molecule has 1 aromatic rings. The lowest BCUT2D eigenvalue weighted by Gasteiger charge is -2.48. The minimum absolute atomic E-state index is 0.486. The van der Waals surface area contributed by atoms with Crippen molar-refractivity contribution < 1.29 is 4.74 Å². The van der Waals surface area contributed by atoms with E-state index in [1.54, 1.807) is 0 Å². The second-order valence-electron chi connectivity index (χ2n) is 8.49. The molecule has 1 heterocycles. The van der Waals surface area contributed by atoms with Gasteiger partial charge in [0, 0.05) is 36.1 Å². The first-order chi connectivity index (χ1) is 11.6. The topological polar surface area (TPSA) is 12.5 Å². The quantitative estimate of drug-likeness (QED) is 0.782. The predicted molar refractivity (Wildman–Crippen MR) is 102 cm³/mol. The van der Waals surface area contributed by atoms with Crippen LogP contribution in [0.5, 0.6) is 0 Å². The zero-order valence-corrected chi connectivity index (χ0v) is 16.0. The van der Waals surface area contributed by atoms with E-state index in [2.05, 4.69) is 60.8 Å². The zero-order chi connectivity index (χ0) is 16.6. The number of ether oxygens (including phenoxy) is 1. The fourth-order valence-electron chi connectivity index (χ4n) is 5.69. The highest BCUT2D eigenvalue weighted by molar-refractivity contribution is 7.98. The summed E-state index contributed by atoms with van der Waals surface area (Å²) in [6.07, 6.45) is 4.28. The van der Waals surface area contributed by atoms with E-state index >= 15 is 0 Å². The van der Waals surface area contributed by atoms with Crippen LogP contribution >= 0.6 is 11.8 Å². The van der Waals surface area contributed by atoms with Gasteiger partial charge in [0.1, 0.15) is 0 Å². The Balaban J connectivity index is 1.49. The molecule has 2 nitrogen and oxygen atoms in total. The molecule has 24 heavy (non-hydrogen) atoms. The van der Waals surface area contributed by atoms with Crippen molar-refractivity contribution in [3.05, 3.63) is 35.9 Å². The van der Waals surface area contributed by atoms with Crippen LogP contribution in [-0.2, 0) is 10.5 Å². The molecule has 1 aromatic carbocycles. The van der Waals surface area contributed by atoms with Gasteiger partial charge in [0.2, 0.25) is 0 Å². The minimum Gasteiger partial charge on any atom is -0.379 e. The van der Waals surface area contributed by atoms with Crippen molar-refractivity contribution in [1.82, 2.24) is 4.90 Å². The van der Waals surface area contributed by atoms with E-state index in [1.807, 2.05) is 0 Å². The summed E-state index contributed by atoms with van der Waals surface area (Å²) in [6, 6.07) is 11.7. The van der Waals surface area contributed by atoms with Crippen LogP contribution in [0.2, 0.25) is 0 Å². The fourth-order valence-corrected chi connectivity index (χ4v) is 7.30. The third-order valence-electron chi connectivity index (χ3n) is 7.35. The van der Waals surface area contributed by atoms with Gasteiger partial charge in [0.05, 0.1) is 13.2 Å². The highest BCUT2D eigenvalue weighted by Gasteiger charge is 2.64. The molecule has 3 unspecified atom stereocenters. The SMILES string of the molecule is CC1(C)C2CCC1(CSCc1ccccc1)C(N1CCOCC1)C2. The normalized spacial score (nSPS) is 35.4. The highest BCUT2D eigenvalue weighted by Crippen LogP contribution is 2.67. The van der Waals surface area contributed by atoms with Crippen LogP contribution in [0, 0.1) is 16.7 Å². The summed E-state index contributed by atoms with van der Waals surface area (Å²) < 4.78 is 5.62. The van der Waals surface area contributed by atoms with E-state index in [0.717, 1.165) is 44.0 Å². The van der Waals surface area contributed by atoms with Crippen molar-refractivity contribution in [2.24, 2.45) is 16.7 Å². The van der Waals surface area contributed by atoms with Crippen LogP contribution in [0.4, 0.5) is 0 Å². The monoisotopic (exact) mass is 345 g/mol. The van der Waals surface area contributed by atoms with E-state index in [9.17, 15) is 0 Å². The molecule has 132 valence electrons. The molecular weight excluding hydrogens is 314 g/mol. The maximum absolute atomic E-state index is 5.62. The zero-order valence-electron chi connectivity index (χ0n) is 15.2. The Morgan fingerprint density at radius 3 is 2.62 bits per heavy atom. The molecule has 3 atom stereocenters. The molecule has 0 N–H and O–H groups in total. The lowest BCUT2D eigenvalue weighted by atomic mass is 9.68. The number of hydrogen-bond donors (Lipinski definition) is 0. The Bertz CT molecular complexity index is 554. The van der Waals surface area contributed by atoms with Crippen LogP contribution < -0.4 is 0 Å². The Kier molecular flexibility index (Phi) is 4.70. The summed E-state index contributed by atoms with van der Waals surface area (Å²) in [4.78, 5) is 2.77. The summed E-state index contributed by atoms with van der Waals surface area (Å²) in [6.45, 7) is 9.25. The first-order valence-electron chi connectivity index (χ1n) is 9.57. The summed E-state index contributed by atoms with van der Waals surface area (Å²) in [5.74, 6) is 3.38. The van der Waals surface area contributed by atoms with Crippen molar-refractivity contribution in [2.75, 3.05) is 32.1 Å². The van der Waals surface area contributed by atoms with Gasteiger partial charge < -0.3 is 4.74 Å². The number of morpholine rings is 1. The molecule has 3 heteroatoms. The maximum Gasteiger partial charge on any atom is 0.0594 e. The largest absolute Gasteiger partial charge is 0.379 e. The molecule has 3 aliphatic rings. The summed E-state index contributed by atoms with van der Waals surface area (Å²) in [7, 11) is 0. The molecule has 0 amide bonds. The number of benzene rings is 1. The van der Waals surface area contributed by atoms with E-state index in [0.29, 0.717) is 10.8 Å². The van der Waals surface area contributed by atoms with Gasteiger partial charge >= 0.3 is 0 Å². The second kappa shape index (κ2) is 6.66. The molecule has 2 aliphatic carbocycles. The molecule has 0 aromatic heterocycles. The third kappa shape index (κ3) is 2.73. The van der Waals surface area contributed by atoms with Crippen molar-refractivity contribution >= 4 is 11.8 Å². The average molecular weight is 346 g/mol. The minimum atomic E-state index is 0.486. The first-order valence-corrected chi connectivity index (χ1v) is 10.7. The van der Waals surface area contributed by atoms with Gasteiger partial charge in [-0.25, -0.2) is 0 Å². The van der Waals surface area contributed by atoms with Crippen molar-refractivity contribution in [1.29, 1.82) is 0 Å². The van der Waals surface area contributed by atoms with Gasteiger partial charge in [-0.15, -0.1) is 0 Å². The van der Waals surface area contributed by atoms with E-state index in [-0.39, 0.29) is 0 Å². The third-order valence-corrected chi connectivity index (χ3v) is 8.60. The van der Waals surface area contributed by atoms with Crippen molar-refractivity contribution in [3.63, 3.8) is 0 Å².